The van der Waals surface area contributed by atoms with Crippen LogP contribution in [0, 0.1) is 0 Å². The zero-order valence-corrected chi connectivity index (χ0v) is 9.54. The highest BCUT2D eigenvalue weighted by Gasteiger charge is 2.21. The van der Waals surface area contributed by atoms with Gasteiger partial charge in [0.25, 0.3) is 0 Å². The van der Waals surface area contributed by atoms with Crippen LogP contribution in [0.3, 0.4) is 0 Å². The quantitative estimate of drug-likeness (QED) is 0.827. The number of hydrogen-bond donors (Lipinski definition) is 1. The first-order valence-electron chi connectivity index (χ1n) is 5.14. The summed E-state index contributed by atoms with van der Waals surface area (Å²) in [5.41, 5.74) is 6.43. The second-order valence-electron chi connectivity index (χ2n) is 4.05. The highest BCUT2D eigenvalue weighted by molar-refractivity contribution is 6.32. The van der Waals surface area contributed by atoms with Gasteiger partial charge in [-0.3, -0.25) is 0 Å². The van der Waals surface area contributed by atoms with E-state index in [1.165, 1.54) is 19.4 Å². The molecule has 0 amide bonds. The van der Waals surface area contributed by atoms with Gasteiger partial charge in [0.05, 0.1) is 10.7 Å². The van der Waals surface area contributed by atoms with E-state index in [1.807, 2.05) is 6.07 Å². The lowest BCUT2D eigenvalue weighted by Gasteiger charge is -2.18. The molecule has 1 aliphatic heterocycles. The summed E-state index contributed by atoms with van der Waals surface area (Å²) in [5.74, 6) is 0.306. The van der Waals surface area contributed by atoms with E-state index in [0.717, 1.165) is 12.1 Å². The van der Waals surface area contributed by atoms with Crippen molar-refractivity contribution in [3.63, 3.8) is 0 Å². The predicted molar refractivity (Wildman–Crippen MR) is 60.8 cm³/mol. The number of hydrogen-bond acceptors (Lipinski definition) is 4. The standard InChI is InChI=1S/C10H15ClN4/c1-15-4-2-3-8(15)5-7-6-9(11)10(12)14-13-7/h6,8H,2-5H2,1H3,(H2,12,14). The van der Waals surface area contributed by atoms with E-state index in [-0.39, 0.29) is 0 Å². The van der Waals surface area contributed by atoms with Gasteiger partial charge in [-0.05, 0) is 32.5 Å². The van der Waals surface area contributed by atoms with Crippen LogP contribution in [-0.4, -0.2) is 34.7 Å². The summed E-state index contributed by atoms with van der Waals surface area (Å²) in [4.78, 5) is 2.35. The summed E-state index contributed by atoms with van der Waals surface area (Å²) in [7, 11) is 2.14. The van der Waals surface area contributed by atoms with Gasteiger partial charge in [-0.15, -0.1) is 5.10 Å². The number of nitrogens with zero attached hydrogens (tertiary/aromatic N) is 3. The third-order valence-corrected chi connectivity index (χ3v) is 3.24. The van der Waals surface area contributed by atoms with Crippen molar-refractivity contribution < 1.29 is 0 Å². The van der Waals surface area contributed by atoms with E-state index >= 15 is 0 Å². The smallest absolute Gasteiger partial charge is 0.164 e. The Bertz CT molecular complexity index is 355. The molecule has 2 rings (SSSR count). The average Bonchev–Trinajstić information content (AvgIpc) is 2.59. The number of nitrogen functional groups attached to an aromatic ring is 1. The Morgan fingerprint density at radius 1 is 1.60 bits per heavy atom. The van der Waals surface area contributed by atoms with Gasteiger partial charge in [0.1, 0.15) is 0 Å². The average molecular weight is 227 g/mol. The molecule has 0 saturated carbocycles. The van der Waals surface area contributed by atoms with E-state index in [0.29, 0.717) is 16.9 Å². The first-order chi connectivity index (χ1) is 7.16. The fourth-order valence-electron chi connectivity index (χ4n) is 1.99. The van der Waals surface area contributed by atoms with Crippen molar-refractivity contribution in [3.05, 3.63) is 16.8 Å². The molecule has 4 nitrogen and oxygen atoms in total. The summed E-state index contributed by atoms with van der Waals surface area (Å²) < 4.78 is 0. The number of halogens is 1. The predicted octanol–water partition coefficient (Wildman–Crippen LogP) is 1.35. The van der Waals surface area contributed by atoms with Gasteiger partial charge in [0.15, 0.2) is 5.82 Å². The monoisotopic (exact) mass is 226 g/mol. The summed E-state index contributed by atoms with van der Waals surface area (Å²) in [6, 6.07) is 2.38. The van der Waals surface area contributed by atoms with Crippen LogP contribution in [0.2, 0.25) is 5.02 Å². The second-order valence-corrected chi connectivity index (χ2v) is 4.46. The topological polar surface area (TPSA) is 55.0 Å². The van der Waals surface area contributed by atoms with Crippen LogP contribution in [0.25, 0.3) is 0 Å². The van der Waals surface area contributed by atoms with Crippen molar-refractivity contribution in [1.82, 2.24) is 15.1 Å². The molecular formula is C10H15ClN4. The van der Waals surface area contributed by atoms with E-state index < -0.39 is 0 Å². The van der Waals surface area contributed by atoms with Gasteiger partial charge in [-0.1, -0.05) is 11.6 Å². The van der Waals surface area contributed by atoms with Crippen molar-refractivity contribution in [2.45, 2.75) is 25.3 Å². The largest absolute Gasteiger partial charge is 0.381 e. The van der Waals surface area contributed by atoms with Crippen LogP contribution in [0.5, 0.6) is 0 Å². The fraction of sp³-hybridized carbons (Fsp3) is 0.600. The van der Waals surface area contributed by atoms with Crippen molar-refractivity contribution in [1.29, 1.82) is 0 Å². The number of rotatable bonds is 2. The molecular weight excluding hydrogens is 212 g/mol. The van der Waals surface area contributed by atoms with E-state index in [1.54, 1.807) is 0 Å². The zero-order valence-electron chi connectivity index (χ0n) is 8.78. The Labute approximate surface area is 94.4 Å². The summed E-state index contributed by atoms with van der Waals surface area (Å²) in [6.45, 7) is 1.17. The van der Waals surface area contributed by atoms with Crippen LogP contribution in [0.15, 0.2) is 6.07 Å². The van der Waals surface area contributed by atoms with Gasteiger partial charge in [-0.25, -0.2) is 0 Å². The fourth-order valence-corrected chi connectivity index (χ4v) is 2.16. The number of aromatic nitrogens is 2. The molecule has 1 fully saturated rings. The van der Waals surface area contributed by atoms with Crippen molar-refractivity contribution in [3.8, 4) is 0 Å². The van der Waals surface area contributed by atoms with E-state index in [9.17, 15) is 0 Å². The highest BCUT2D eigenvalue weighted by atomic mass is 35.5. The molecule has 1 aliphatic rings. The maximum absolute atomic E-state index is 5.89. The minimum absolute atomic E-state index is 0.306. The lowest BCUT2D eigenvalue weighted by atomic mass is 10.1. The normalized spacial score (nSPS) is 22.1. The Morgan fingerprint density at radius 2 is 2.40 bits per heavy atom. The van der Waals surface area contributed by atoms with Crippen molar-refractivity contribution in [2.24, 2.45) is 0 Å². The SMILES string of the molecule is CN1CCCC1Cc1cc(Cl)c(N)nn1. The zero-order chi connectivity index (χ0) is 10.8. The maximum Gasteiger partial charge on any atom is 0.164 e. The van der Waals surface area contributed by atoms with Crippen molar-refractivity contribution in [2.75, 3.05) is 19.3 Å². The molecule has 15 heavy (non-hydrogen) atoms. The summed E-state index contributed by atoms with van der Waals surface area (Å²) in [6.07, 6.45) is 3.39. The van der Waals surface area contributed by atoms with Gasteiger partial charge in [0, 0.05) is 12.5 Å². The highest BCUT2D eigenvalue weighted by Crippen LogP contribution is 2.21. The van der Waals surface area contributed by atoms with E-state index in [2.05, 4.69) is 22.1 Å². The Hall–Kier alpha value is -0.870. The van der Waals surface area contributed by atoms with Crippen LogP contribution in [-0.2, 0) is 6.42 Å². The Morgan fingerprint density at radius 3 is 3.00 bits per heavy atom. The summed E-state index contributed by atoms with van der Waals surface area (Å²) >= 11 is 5.89. The van der Waals surface area contributed by atoms with Crippen LogP contribution < -0.4 is 5.73 Å². The van der Waals surface area contributed by atoms with Gasteiger partial charge >= 0.3 is 0 Å². The van der Waals surface area contributed by atoms with Gasteiger partial charge in [-0.2, -0.15) is 5.10 Å². The third-order valence-electron chi connectivity index (χ3n) is 2.94. The van der Waals surface area contributed by atoms with Crippen LogP contribution >= 0.6 is 11.6 Å². The minimum Gasteiger partial charge on any atom is -0.381 e. The lowest BCUT2D eigenvalue weighted by molar-refractivity contribution is 0.307. The second kappa shape index (κ2) is 4.33. The molecule has 2 N–H and O–H groups in total. The molecule has 2 heterocycles. The van der Waals surface area contributed by atoms with Crippen LogP contribution in [0.1, 0.15) is 18.5 Å². The maximum atomic E-state index is 5.89. The number of anilines is 1. The molecule has 0 radical (unpaired) electrons. The molecule has 0 spiro atoms. The molecule has 5 heteroatoms. The lowest BCUT2D eigenvalue weighted by Crippen LogP contribution is -2.27. The molecule has 1 aromatic heterocycles. The first kappa shape index (κ1) is 10.6. The molecule has 0 aliphatic carbocycles. The molecule has 1 atom stereocenters. The minimum atomic E-state index is 0.306. The molecule has 1 saturated heterocycles. The molecule has 0 aromatic carbocycles. The molecule has 1 unspecified atom stereocenters. The number of likely N-dealkylation sites (tertiary alicyclic amines) is 1. The van der Waals surface area contributed by atoms with Gasteiger partial charge < -0.3 is 10.6 Å². The summed E-state index contributed by atoms with van der Waals surface area (Å²) in [5, 5.41) is 8.37. The molecule has 82 valence electrons. The third kappa shape index (κ3) is 2.38. The Balaban J connectivity index is 2.07. The van der Waals surface area contributed by atoms with Crippen molar-refractivity contribution >= 4 is 17.4 Å². The van der Waals surface area contributed by atoms with Crippen LogP contribution in [0.4, 0.5) is 5.82 Å². The van der Waals surface area contributed by atoms with E-state index in [4.69, 9.17) is 17.3 Å². The van der Waals surface area contributed by atoms with Gasteiger partial charge in [0.2, 0.25) is 0 Å². The Kier molecular flexibility index (Phi) is 3.07. The molecule has 1 aromatic rings. The number of likely N-dealkylation sites (N-methyl/N-ethyl adjacent to an activating group) is 1. The first-order valence-corrected chi connectivity index (χ1v) is 5.52. The number of nitrogens with two attached hydrogens (primary N) is 1. The molecule has 0 bridgehead atoms.